The van der Waals surface area contributed by atoms with Crippen LogP contribution in [0.5, 0.6) is 11.5 Å². The fourth-order valence-electron chi connectivity index (χ4n) is 2.72. The number of aromatic nitrogens is 2. The quantitative estimate of drug-likeness (QED) is 0.587. The fourth-order valence-corrected chi connectivity index (χ4v) is 2.72. The van der Waals surface area contributed by atoms with Crippen LogP contribution in [0.2, 0.25) is 0 Å². The maximum Gasteiger partial charge on any atom is 0.231 e. The minimum atomic E-state index is 0. The molecule has 120 valence electrons. The maximum atomic E-state index is 5.90. The lowest BCUT2D eigenvalue weighted by atomic mass is 10.2. The molecular formula is C17H12ClN3O3. The van der Waals surface area contributed by atoms with Crippen LogP contribution in [0.3, 0.4) is 0 Å². The van der Waals surface area contributed by atoms with Gasteiger partial charge in [0.1, 0.15) is 17.4 Å². The van der Waals surface area contributed by atoms with Crippen LogP contribution in [0.15, 0.2) is 53.2 Å². The Morgan fingerprint density at radius 3 is 2.79 bits per heavy atom. The van der Waals surface area contributed by atoms with Crippen molar-refractivity contribution in [3.8, 4) is 11.5 Å². The topological polar surface area (TPSA) is 69.4 Å². The minimum absolute atomic E-state index is 0. The van der Waals surface area contributed by atoms with E-state index in [9.17, 15) is 0 Å². The molecule has 2 aromatic carbocycles. The average molecular weight is 342 g/mol. The molecule has 6 nitrogen and oxygen atoms in total. The summed E-state index contributed by atoms with van der Waals surface area (Å²) in [5.41, 5.74) is 3.05. The van der Waals surface area contributed by atoms with E-state index in [1.807, 2.05) is 42.5 Å². The van der Waals surface area contributed by atoms with Crippen molar-refractivity contribution in [2.75, 3.05) is 12.1 Å². The van der Waals surface area contributed by atoms with Crippen LogP contribution in [-0.2, 0) is 0 Å². The SMILES string of the molecule is Cl.c1ccc2c(c1)oc1c(Nc3ccc4c(c3)OCO4)ncnc12. The van der Waals surface area contributed by atoms with E-state index in [0.717, 1.165) is 27.9 Å². The standard InChI is InChI=1S/C17H11N3O3.ClH/c1-2-4-12-11(3-1)15-16(23-12)17(19-8-18-15)20-10-5-6-13-14(7-10)22-9-21-13;/h1-8H,9H2,(H,18,19,20);1H. The first-order chi connectivity index (χ1) is 11.4. The van der Waals surface area contributed by atoms with Crippen LogP contribution in [0.4, 0.5) is 11.5 Å². The van der Waals surface area contributed by atoms with E-state index < -0.39 is 0 Å². The molecule has 2 aromatic heterocycles. The van der Waals surface area contributed by atoms with Crippen molar-refractivity contribution in [3.63, 3.8) is 0 Å². The van der Waals surface area contributed by atoms with E-state index in [-0.39, 0.29) is 19.2 Å². The zero-order chi connectivity index (χ0) is 15.2. The number of ether oxygens (including phenoxy) is 2. The van der Waals surface area contributed by atoms with Gasteiger partial charge in [-0.05, 0) is 24.3 Å². The summed E-state index contributed by atoms with van der Waals surface area (Å²) in [7, 11) is 0. The van der Waals surface area contributed by atoms with Gasteiger partial charge in [-0.1, -0.05) is 12.1 Å². The molecule has 7 heteroatoms. The van der Waals surface area contributed by atoms with Crippen molar-refractivity contribution in [2.24, 2.45) is 0 Å². The smallest absolute Gasteiger partial charge is 0.231 e. The predicted octanol–water partition coefficient (Wildman–Crippen LogP) is 4.27. The first-order valence-electron chi connectivity index (χ1n) is 7.17. The van der Waals surface area contributed by atoms with Crippen molar-refractivity contribution in [2.45, 2.75) is 0 Å². The van der Waals surface area contributed by atoms with Gasteiger partial charge in [-0.3, -0.25) is 0 Å². The molecule has 0 bridgehead atoms. The highest BCUT2D eigenvalue weighted by Crippen LogP contribution is 2.36. The number of anilines is 2. The normalized spacial score (nSPS) is 12.3. The number of fused-ring (bicyclic) bond motifs is 4. The molecule has 3 heterocycles. The Bertz CT molecular complexity index is 1050. The van der Waals surface area contributed by atoms with Gasteiger partial charge in [0, 0.05) is 17.1 Å². The highest BCUT2D eigenvalue weighted by Gasteiger charge is 2.16. The number of rotatable bonds is 2. The second-order valence-corrected chi connectivity index (χ2v) is 5.19. The number of nitrogens with zero attached hydrogens (tertiary/aromatic N) is 2. The number of benzene rings is 2. The van der Waals surface area contributed by atoms with Crippen LogP contribution < -0.4 is 14.8 Å². The third-order valence-electron chi connectivity index (χ3n) is 3.79. The molecule has 24 heavy (non-hydrogen) atoms. The Labute approximate surface area is 142 Å². The van der Waals surface area contributed by atoms with E-state index in [1.165, 1.54) is 6.33 Å². The molecule has 0 spiro atoms. The van der Waals surface area contributed by atoms with Crippen LogP contribution >= 0.6 is 12.4 Å². The summed E-state index contributed by atoms with van der Waals surface area (Å²) in [4.78, 5) is 8.64. The van der Waals surface area contributed by atoms with Crippen LogP contribution in [0.25, 0.3) is 22.1 Å². The highest BCUT2D eigenvalue weighted by molar-refractivity contribution is 6.05. The van der Waals surface area contributed by atoms with Gasteiger partial charge in [0.05, 0.1) is 0 Å². The van der Waals surface area contributed by atoms with Gasteiger partial charge < -0.3 is 19.2 Å². The van der Waals surface area contributed by atoms with Crippen molar-refractivity contribution >= 4 is 46.0 Å². The largest absolute Gasteiger partial charge is 0.454 e. The molecular weight excluding hydrogens is 330 g/mol. The van der Waals surface area contributed by atoms with Gasteiger partial charge in [-0.2, -0.15) is 0 Å². The van der Waals surface area contributed by atoms with Gasteiger partial charge in [-0.25, -0.2) is 9.97 Å². The van der Waals surface area contributed by atoms with Gasteiger partial charge in [0.25, 0.3) is 0 Å². The van der Waals surface area contributed by atoms with Crippen molar-refractivity contribution in [1.29, 1.82) is 0 Å². The zero-order valence-electron chi connectivity index (χ0n) is 12.4. The first-order valence-corrected chi connectivity index (χ1v) is 7.17. The second kappa shape index (κ2) is 5.58. The molecule has 4 aromatic rings. The number of para-hydroxylation sites is 1. The Hall–Kier alpha value is -2.99. The molecule has 1 aliphatic rings. The van der Waals surface area contributed by atoms with Gasteiger partial charge in [0.2, 0.25) is 6.79 Å². The molecule has 0 aliphatic carbocycles. The molecule has 0 saturated heterocycles. The van der Waals surface area contributed by atoms with Gasteiger partial charge in [-0.15, -0.1) is 12.4 Å². The summed E-state index contributed by atoms with van der Waals surface area (Å²) in [6, 6.07) is 13.4. The average Bonchev–Trinajstić information content (AvgIpc) is 3.19. The van der Waals surface area contributed by atoms with Crippen molar-refractivity contribution in [1.82, 2.24) is 9.97 Å². The summed E-state index contributed by atoms with van der Waals surface area (Å²) < 4.78 is 16.6. The Kier molecular flexibility index (Phi) is 3.39. The Balaban J connectivity index is 0.00000146. The number of hydrogen-bond acceptors (Lipinski definition) is 6. The van der Waals surface area contributed by atoms with E-state index in [1.54, 1.807) is 0 Å². The number of hydrogen-bond donors (Lipinski definition) is 1. The summed E-state index contributed by atoms with van der Waals surface area (Å²) in [5.74, 6) is 2.07. The summed E-state index contributed by atoms with van der Waals surface area (Å²) in [6.07, 6.45) is 1.53. The van der Waals surface area contributed by atoms with Crippen LogP contribution in [0, 0.1) is 0 Å². The first kappa shape index (κ1) is 14.6. The minimum Gasteiger partial charge on any atom is -0.454 e. The van der Waals surface area contributed by atoms with E-state index in [0.29, 0.717) is 17.2 Å². The van der Waals surface area contributed by atoms with Crippen molar-refractivity contribution < 1.29 is 13.9 Å². The Morgan fingerprint density at radius 1 is 0.958 bits per heavy atom. The monoisotopic (exact) mass is 341 g/mol. The maximum absolute atomic E-state index is 5.90. The molecule has 0 saturated carbocycles. The summed E-state index contributed by atoms with van der Waals surface area (Å²) >= 11 is 0. The molecule has 0 fully saturated rings. The molecule has 0 atom stereocenters. The van der Waals surface area contributed by atoms with Crippen molar-refractivity contribution in [3.05, 3.63) is 48.8 Å². The van der Waals surface area contributed by atoms with Crippen LogP contribution in [0.1, 0.15) is 0 Å². The molecule has 1 aliphatic heterocycles. The lowest BCUT2D eigenvalue weighted by molar-refractivity contribution is 0.174. The number of furan rings is 1. The van der Waals surface area contributed by atoms with E-state index in [4.69, 9.17) is 13.9 Å². The Morgan fingerprint density at radius 2 is 1.83 bits per heavy atom. The van der Waals surface area contributed by atoms with Crippen LogP contribution in [-0.4, -0.2) is 16.8 Å². The molecule has 1 N–H and O–H groups in total. The zero-order valence-corrected chi connectivity index (χ0v) is 13.2. The lowest BCUT2D eigenvalue weighted by Crippen LogP contribution is -1.95. The van der Waals surface area contributed by atoms with Gasteiger partial charge >= 0.3 is 0 Å². The lowest BCUT2D eigenvalue weighted by Gasteiger charge is -2.06. The second-order valence-electron chi connectivity index (χ2n) is 5.19. The fraction of sp³-hybridized carbons (Fsp3) is 0.0588. The summed E-state index contributed by atoms with van der Waals surface area (Å²) in [6.45, 7) is 0.250. The molecule has 5 rings (SSSR count). The molecule has 0 radical (unpaired) electrons. The summed E-state index contributed by atoms with van der Waals surface area (Å²) in [5, 5.41) is 4.23. The predicted molar refractivity (Wildman–Crippen MR) is 92.4 cm³/mol. The third-order valence-corrected chi connectivity index (χ3v) is 3.79. The number of halogens is 1. The third kappa shape index (κ3) is 2.19. The molecule has 0 amide bonds. The number of nitrogens with one attached hydrogen (secondary N) is 1. The highest BCUT2D eigenvalue weighted by atomic mass is 35.5. The molecule has 0 unspecified atom stereocenters. The van der Waals surface area contributed by atoms with E-state index >= 15 is 0 Å². The van der Waals surface area contributed by atoms with Gasteiger partial charge in [0.15, 0.2) is 22.9 Å². The van der Waals surface area contributed by atoms with E-state index in [2.05, 4.69) is 15.3 Å².